The third kappa shape index (κ3) is 3.49. The van der Waals surface area contributed by atoms with Crippen molar-refractivity contribution in [3.05, 3.63) is 39.5 Å². The lowest BCUT2D eigenvalue weighted by Gasteiger charge is -2.11. The number of carbonyl (C=O) groups excluding carboxylic acids is 1. The van der Waals surface area contributed by atoms with Gasteiger partial charge in [-0.05, 0) is 46.9 Å². The Hall–Kier alpha value is -2.07. The molecular weight excluding hydrogens is 455 g/mol. The van der Waals surface area contributed by atoms with Gasteiger partial charge in [-0.3, -0.25) is 10.1 Å². The second-order valence-corrected chi connectivity index (χ2v) is 7.16. The van der Waals surface area contributed by atoms with Crippen molar-refractivity contribution >= 4 is 55.2 Å². The van der Waals surface area contributed by atoms with E-state index >= 15 is 0 Å². The van der Waals surface area contributed by atoms with Gasteiger partial charge in [0.25, 0.3) is 5.91 Å². The van der Waals surface area contributed by atoms with Crippen LogP contribution in [0.3, 0.4) is 0 Å². The van der Waals surface area contributed by atoms with E-state index in [0.29, 0.717) is 27.9 Å². The highest BCUT2D eigenvalue weighted by atomic mass is 127. The lowest BCUT2D eigenvalue weighted by atomic mass is 10.2. The Kier molecular flexibility index (Phi) is 5.28. The Morgan fingerprint density at radius 1 is 1.08 bits per heavy atom. The summed E-state index contributed by atoms with van der Waals surface area (Å²) in [6.45, 7) is 0. The van der Waals surface area contributed by atoms with Crippen LogP contribution < -0.4 is 19.5 Å². The zero-order valence-corrected chi connectivity index (χ0v) is 16.7. The van der Waals surface area contributed by atoms with E-state index in [-0.39, 0.29) is 5.91 Å². The van der Waals surface area contributed by atoms with Crippen LogP contribution in [0.2, 0.25) is 0 Å². The van der Waals surface area contributed by atoms with Gasteiger partial charge in [-0.2, -0.15) is 0 Å². The van der Waals surface area contributed by atoms with E-state index in [1.807, 2.05) is 18.2 Å². The number of aromatic nitrogens is 1. The van der Waals surface area contributed by atoms with Gasteiger partial charge in [-0.15, -0.1) is 0 Å². The van der Waals surface area contributed by atoms with Crippen molar-refractivity contribution in [2.24, 2.45) is 0 Å². The number of benzene rings is 2. The molecule has 1 amide bonds. The fraction of sp³-hybridized carbons (Fsp3) is 0.176. The van der Waals surface area contributed by atoms with Gasteiger partial charge in [-0.25, -0.2) is 4.98 Å². The molecule has 0 spiro atoms. The molecule has 3 rings (SSSR count). The molecule has 25 heavy (non-hydrogen) atoms. The van der Waals surface area contributed by atoms with Gasteiger partial charge in [0.05, 0.1) is 31.6 Å². The van der Waals surface area contributed by atoms with Crippen LogP contribution in [0.1, 0.15) is 10.4 Å². The molecule has 0 aliphatic rings. The maximum atomic E-state index is 12.7. The highest BCUT2D eigenvalue weighted by Gasteiger charge is 2.17. The predicted molar refractivity (Wildman–Crippen MR) is 106 cm³/mol. The van der Waals surface area contributed by atoms with E-state index < -0.39 is 0 Å². The molecule has 8 heteroatoms. The maximum absolute atomic E-state index is 12.7. The maximum Gasteiger partial charge on any atom is 0.258 e. The molecule has 1 heterocycles. The zero-order valence-electron chi connectivity index (χ0n) is 13.8. The molecule has 1 aromatic heterocycles. The van der Waals surface area contributed by atoms with Crippen molar-refractivity contribution in [1.82, 2.24) is 4.98 Å². The first-order valence-corrected chi connectivity index (χ1v) is 9.13. The van der Waals surface area contributed by atoms with Crippen LogP contribution in [-0.2, 0) is 0 Å². The van der Waals surface area contributed by atoms with Gasteiger partial charge in [0.2, 0.25) is 0 Å². The minimum atomic E-state index is -0.261. The van der Waals surface area contributed by atoms with E-state index in [4.69, 9.17) is 14.2 Å². The van der Waals surface area contributed by atoms with Gasteiger partial charge >= 0.3 is 0 Å². The molecule has 0 atom stereocenters. The lowest BCUT2D eigenvalue weighted by Crippen LogP contribution is -2.13. The van der Waals surface area contributed by atoms with Crippen molar-refractivity contribution in [3.8, 4) is 17.2 Å². The summed E-state index contributed by atoms with van der Waals surface area (Å²) in [6.07, 6.45) is 0. The number of halogens is 1. The van der Waals surface area contributed by atoms with Crippen LogP contribution in [0.4, 0.5) is 5.13 Å². The lowest BCUT2D eigenvalue weighted by molar-refractivity contribution is 0.102. The van der Waals surface area contributed by atoms with Crippen LogP contribution in [0.25, 0.3) is 10.2 Å². The first-order valence-electron chi connectivity index (χ1n) is 7.23. The fourth-order valence-corrected chi connectivity index (χ4v) is 3.90. The van der Waals surface area contributed by atoms with Crippen molar-refractivity contribution in [2.75, 3.05) is 26.6 Å². The number of amides is 1. The number of para-hydroxylation sites is 1. The van der Waals surface area contributed by atoms with Crippen LogP contribution >= 0.6 is 33.9 Å². The first-order chi connectivity index (χ1) is 12.1. The number of anilines is 1. The molecule has 0 radical (unpaired) electrons. The monoisotopic (exact) mass is 470 g/mol. The molecule has 2 aromatic carbocycles. The van der Waals surface area contributed by atoms with E-state index in [2.05, 4.69) is 32.9 Å². The van der Waals surface area contributed by atoms with Crippen molar-refractivity contribution < 1.29 is 19.0 Å². The number of carbonyl (C=O) groups is 1. The topological polar surface area (TPSA) is 69.7 Å². The number of methoxy groups -OCH3 is 3. The Balaban J connectivity index is 1.92. The number of rotatable bonds is 5. The molecule has 1 N–H and O–H groups in total. The summed E-state index contributed by atoms with van der Waals surface area (Å²) in [5.74, 6) is 1.49. The molecule has 0 bridgehead atoms. The van der Waals surface area contributed by atoms with Gasteiger partial charge in [-0.1, -0.05) is 17.4 Å². The molecule has 3 aromatic rings. The summed E-state index contributed by atoms with van der Waals surface area (Å²) in [6, 6.07) is 9.08. The van der Waals surface area contributed by atoms with E-state index in [0.717, 1.165) is 13.8 Å². The quantitative estimate of drug-likeness (QED) is 0.567. The average Bonchev–Trinajstić information content (AvgIpc) is 3.03. The fourth-order valence-electron chi connectivity index (χ4n) is 2.33. The Bertz CT molecular complexity index is 942. The third-order valence-corrected chi connectivity index (χ3v) is 5.37. The highest BCUT2D eigenvalue weighted by molar-refractivity contribution is 14.1. The van der Waals surface area contributed by atoms with Crippen LogP contribution in [0.5, 0.6) is 17.2 Å². The van der Waals surface area contributed by atoms with Crippen LogP contribution in [0, 0.1) is 3.57 Å². The number of nitrogens with zero attached hydrogens (tertiary/aromatic N) is 1. The van der Waals surface area contributed by atoms with Gasteiger partial charge < -0.3 is 14.2 Å². The Morgan fingerprint density at radius 3 is 2.44 bits per heavy atom. The molecule has 0 unspecified atom stereocenters. The molecule has 130 valence electrons. The molecule has 0 saturated carbocycles. The van der Waals surface area contributed by atoms with E-state index in [9.17, 15) is 4.79 Å². The minimum Gasteiger partial charge on any atom is -0.494 e. The molecular formula is C17H15IN2O4S. The largest absolute Gasteiger partial charge is 0.494 e. The van der Waals surface area contributed by atoms with Gasteiger partial charge in [0.15, 0.2) is 16.6 Å². The van der Waals surface area contributed by atoms with Crippen molar-refractivity contribution in [1.29, 1.82) is 0 Å². The first kappa shape index (κ1) is 17.7. The summed E-state index contributed by atoms with van der Waals surface area (Å²) in [5, 5.41) is 3.35. The minimum absolute atomic E-state index is 0.261. The Labute approximate surface area is 162 Å². The molecule has 0 saturated heterocycles. The number of nitrogens with one attached hydrogen (secondary N) is 1. The summed E-state index contributed by atoms with van der Waals surface area (Å²) in [5.41, 5.74) is 1.22. The van der Waals surface area contributed by atoms with Crippen LogP contribution in [-0.4, -0.2) is 32.2 Å². The van der Waals surface area contributed by atoms with E-state index in [1.54, 1.807) is 26.4 Å². The summed E-state index contributed by atoms with van der Waals surface area (Å²) >= 11 is 3.48. The number of thiazole rings is 1. The SMILES string of the molecule is COc1cc(I)c(C(=O)Nc2nc3c(OC)cccc3s2)cc1OC. The van der Waals surface area contributed by atoms with Crippen LogP contribution in [0.15, 0.2) is 30.3 Å². The van der Waals surface area contributed by atoms with Gasteiger partial charge in [0, 0.05) is 3.57 Å². The Morgan fingerprint density at radius 2 is 1.76 bits per heavy atom. The van der Waals surface area contributed by atoms with Crippen molar-refractivity contribution in [3.63, 3.8) is 0 Å². The predicted octanol–water partition coefficient (Wildman–Crippen LogP) is 4.18. The second-order valence-electron chi connectivity index (χ2n) is 4.97. The summed E-state index contributed by atoms with van der Waals surface area (Å²) in [7, 11) is 4.69. The standard InChI is InChI=1S/C17H15IN2O4S/c1-22-11-5-4-6-14-15(11)19-17(25-14)20-16(21)9-7-12(23-2)13(24-3)8-10(9)18/h4-8H,1-3H3,(H,19,20,21). The summed E-state index contributed by atoms with van der Waals surface area (Å²) in [4.78, 5) is 17.1. The number of fused-ring (bicyclic) bond motifs is 1. The number of ether oxygens (including phenoxy) is 3. The number of hydrogen-bond donors (Lipinski definition) is 1. The molecule has 0 aliphatic carbocycles. The molecule has 0 aliphatic heterocycles. The number of hydrogen-bond acceptors (Lipinski definition) is 6. The van der Waals surface area contributed by atoms with Gasteiger partial charge in [0.1, 0.15) is 11.3 Å². The third-order valence-electron chi connectivity index (χ3n) is 3.54. The zero-order chi connectivity index (χ0) is 18.0. The second kappa shape index (κ2) is 7.44. The molecule has 6 nitrogen and oxygen atoms in total. The normalized spacial score (nSPS) is 10.6. The molecule has 0 fully saturated rings. The van der Waals surface area contributed by atoms with E-state index in [1.165, 1.54) is 18.4 Å². The van der Waals surface area contributed by atoms with Crippen molar-refractivity contribution in [2.45, 2.75) is 0 Å². The smallest absolute Gasteiger partial charge is 0.258 e. The highest BCUT2D eigenvalue weighted by Crippen LogP contribution is 2.34. The average molecular weight is 470 g/mol. The summed E-state index contributed by atoms with van der Waals surface area (Å²) < 4.78 is 17.5.